The fourth-order valence-electron chi connectivity index (χ4n) is 3.63. The average molecular weight is 465 g/mol. The summed E-state index contributed by atoms with van der Waals surface area (Å²) in [4.78, 5) is 41.6. The maximum atomic E-state index is 13.1. The van der Waals surface area contributed by atoms with Gasteiger partial charge in [-0.25, -0.2) is 4.90 Å². The van der Waals surface area contributed by atoms with E-state index in [2.05, 4.69) is 0 Å². The Morgan fingerprint density at radius 1 is 1.09 bits per heavy atom. The van der Waals surface area contributed by atoms with E-state index >= 15 is 0 Å². The molecule has 0 aliphatic carbocycles. The minimum Gasteiger partial charge on any atom is -0.497 e. The summed E-state index contributed by atoms with van der Waals surface area (Å²) in [5.41, 5.74) is 2.33. The first-order valence-corrected chi connectivity index (χ1v) is 11.1. The number of imide groups is 1. The van der Waals surface area contributed by atoms with Crippen LogP contribution in [0.2, 0.25) is 0 Å². The van der Waals surface area contributed by atoms with Crippen LogP contribution in [-0.4, -0.2) is 40.1 Å². The molecule has 2 aromatic carbocycles. The molecule has 3 amide bonds. The number of thiocarbonyl (C=S) groups is 1. The summed E-state index contributed by atoms with van der Waals surface area (Å²) < 4.78 is 5.40. The number of allylic oxidation sites excluding steroid dienone is 2. The second kappa shape index (κ2) is 9.10. The summed E-state index contributed by atoms with van der Waals surface area (Å²) in [5, 5.41) is 0. The largest absolute Gasteiger partial charge is 0.497 e. The molecular formula is C24H20N2O4S2. The topological polar surface area (TPSA) is 66.9 Å². The Bertz CT molecular complexity index is 1160. The van der Waals surface area contributed by atoms with Crippen LogP contribution in [0.4, 0.5) is 5.69 Å². The van der Waals surface area contributed by atoms with Gasteiger partial charge in [0.15, 0.2) is 0 Å². The highest BCUT2D eigenvalue weighted by Crippen LogP contribution is 2.37. The van der Waals surface area contributed by atoms with Crippen LogP contribution in [0.25, 0.3) is 6.08 Å². The van der Waals surface area contributed by atoms with Gasteiger partial charge in [0.25, 0.3) is 11.8 Å². The number of benzene rings is 2. The minimum atomic E-state index is -0.943. The molecule has 2 heterocycles. The van der Waals surface area contributed by atoms with E-state index in [1.165, 1.54) is 12.0 Å². The Kier molecular flexibility index (Phi) is 6.25. The zero-order valence-electron chi connectivity index (χ0n) is 17.5. The molecule has 6 nitrogen and oxygen atoms in total. The van der Waals surface area contributed by atoms with Gasteiger partial charge in [-0.05, 0) is 48.4 Å². The van der Waals surface area contributed by atoms with Crippen LogP contribution in [-0.2, 0) is 14.4 Å². The van der Waals surface area contributed by atoms with Gasteiger partial charge in [0.2, 0.25) is 5.91 Å². The third-order valence-corrected chi connectivity index (χ3v) is 6.47. The fourth-order valence-corrected chi connectivity index (χ4v) is 5.04. The predicted molar refractivity (Wildman–Crippen MR) is 129 cm³/mol. The van der Waals surface area contributed by atoms with Gasteiger partial charge in [-0.2, -0.15) is 0 Å². The van der Waals surface area contributed by atoms with Crippen LogP contribution in [0.15, 0.2) is 71.2 Å². The van der Waals surface area contributed by atoms with E-state index in [9.17, 15) is 14.4 Å². The third-order valence-electron chi connectivity index (χ3n) is 5.14. The van der Waals surface area contributed by atoms with E-state index in [-0.39, 0.29) is 22.6 Å². The van der Waals surface area contributed by atoms with E-state index in [1.54, 1.807) is 30.3 Å². The molecule has 0 spiro atoms. The fraction of sp³-hybridized carbons (Fsp3) is 0.167. The third kappa shape index (κ3) is 4.24. The van der Waals surface area contributed by atoms with Crippen molar-refractivity contribution in [2.45, 2.75) is 19.4 Å². The van der Waals surface area contributed by atoms with Gasteiger partial charge < -0.3 is 4.74 Å². The summed E-state index contributed by atoms with van der Waals surface area (Å²) in [6, 6.07) is 15.4. The van der Waals surface area contributed by atoms with Gasteiger partial charge in [-0.1, -0.05) is 60.4 Å². The number of methoxy groups -OCH3 is 1. The maximum absolute atomic E-state index is 13.1. The lowest BCUT2D eigenvalue weighted by molar-refractivity contribution is -0.130. The number of carbonyl (C=O) groups is 3. The summed E-state index contributed by atoms with van der Waals surface area (Å²) in [6.45, 7) is 1.90. The molecule has 2 saturated heterocycles. The van der Waals surface area contributed by atoms with Crippen molar-refractivity contribution >= 4 is 57.8 Å². The van der Waals surface area contributed by atoms with E-state index in [0.717, 1.165) is 27.8 Å². The van der Waals surface area contributed by atoms with Gasteiger partial charge in [0, 0.05) is 0 Å². The molecule has 4 rings (SSSR count). The molecule has 2 aliphatic heterocycles. The van der Waals surface area contributed by atoms with Crippen molar-refractivity contribution in [1.29, 1.82) is 0 Å². The van der Waals surface area contributed by atoms with E-state index in [0.29, 0.717) is 16.3 Å². The average Bonchev–Trinajstić information content (AvgIpc) is 3.22. The number of carbonyl (C=O) groups excluding carboxylic acids is 3. The van der Waals surface area contributed by atoms with E-state index in [4.69, 9.17) is 17.0 Å². The molecule has 32 heavy (non-hydrogen) atoms. The van der Waals surface area contributed by atoms with Gasteiger partial charge >= 0.3 is 0 Å². The van der Waals surface area contributed by atoms with Crippen molar-refractivity contribution < 1.29 is 19.1 Å². The number of anilines is 1. The first kappa shape index (κ1) is 22.0. The first-order chi connectivity index (χ1) is 15.4. The van der Waals surface area contributed by atoms with Crippen molar-refractivity contribution in [2.75, 3.05) is 12.0 Å². The number of thioether (sulfide) groups is 1. The lowest BCUT2D eigenvalue weighted by Crippen LogP contribution is -2.44. The maximum Gasteiger partial charge on any atom is 0.266 e. The van der Waals surface area contributed by atoms with Crippen molar-refractivity contribution in [3.8, 4) is 5.75 Å². The molecule has 0 saturated carbocycles. The summed E-state index contributed by atoms with van der Waals surface area (Å²) in [6.07, 6.45) is 3.61. The molecule has 1 atom stereocenters. The van der Waals surface area contributed by atoms with Crippen molar-refractivity contribution in [3.63, 3.8) is 0 Å². The molecule has 0 bridgehead atoms. The highest BCUT2D eigenvalue weighted by Gasteiger charge is 2.48. The van der Waals surface area contributed by atoms with Crippen molar-refractivity contribution in [3.05, 3.63) is 76.7 Å². The second-order valence-corrected chi connectivity index (χ2v) is 9.01. The van der Waals surface area contributed by atoms with Gasteiger partial charge in [-0.15, -0.1) is 0 Å². The Labute approximate surface area is 195 Å². The normalized spacial score (nSPS) is 20.6. The zero-order chi connectivity index (χ0) is 22.8. The smallest absolute Gasteiger partial charge is 0.266 e. The molecule has 0 radical (unpaired) electrons. The molecule has 2 fully saturated rings. The number of nitrogens with zero attached hydrogens (tertiary/aromatic N) is 2. The number of rotatable bonds is 5. The van der Waals surface area contributed by atoms with Crippen LogP contribution in [0.1, 0.15) is 18.9 Å². The highest BCUT2D eigenvalue weighted by molar-refractivity contribution is 8.26. The summed E-state index contributed by atoms with van der Waals surface area (Å²) >= 11 is 6.54. The lowest BCUT2D eigenvalue weighted by atomic mass is 10.1. The van der Waals surface area contributed by atoms with Crippen LogP contribution in [0.5, 0.6) is 5.75 Å². The van der Waals surface area contributed by atoms with Crippen molar-refractivity contribution in [1.82, 2.24) is 4.90 Å². The van der Waals surface area contributed by atoms with Crippen LogP contribution < -0.4 is 9.64 Å². The Morgan fingerprint density at radius 3 is 2.44 bits per heavy atom. The van der Waals surface area contributed by atoms with E-state index < -0.39 is 11.9 Å². The Hall–Kier alpha value is -3.23. The van der Waals surface area contributed by atoms with Gasteiger partial charge in [0.05, 0.1) is 24.1 Å². The molecule has 2 aliphatic rings. The molecule has 162 valence electrons. The van der Waals surface area contributed by atoms with Crippen molar-refractivity contribution in [2.24, 2.45) is 0 Å². The van der Waals surface area contributed by atoms with Crippen LogP contribution in [0.3, 0.4) is 0 Å². The quantitative estimate of drug-likeness (QED) is 0.376. The first-order valence-electron chi connectivity index (χ1n) is 9.90. The monoisotopic (exact) mass is 464 g/mol. The zero-order valence-corrected chi connectivity index (χ0v) is 19.1. The molecule has 0 aromatic heterocycles. The molecule has 8 heteroatoms. The predicted octanol–water partition coefficient (Wildman–Crippen LogP) is 4.17. The second-order valence-electron chi connectivity index (χ2n) is 7.34. The van der Waals surface area contributed by atoms with Gasteiger partial charge in [-0.3, -0.25) is 19.3 Å². The SMILES string of the molecule is COc1ccc(N2C(=O)CC(N3C(=O)/C(=C/C(C)=C/c4ccccc4)SC3=S)C2=O)cc1. The lowest BCUT2D eigenvalue weighted by Gasteiger charge is -2.21. The van der Waals surface area contributed by atoms with Gasteiger partial charge in [0.1, 0.15) is 16.1 Å². The minimum absolute atomic E-state index is 0.108. The Morgan fingerprint density at radius 2 is 1.78 bits per heavy atom. The number of amides is 3. The molecule has 0 N–H and O–H groups in total. The highest BCUT2D eigenvalue weighted by atomic mass is 32.2. The Balaban J connectivity index is 1.55. The number of hydrogen-bond donors (Lipinski definition) is 0. The molecular weight excluding hydrogens is 444 g/mol. The standard InChI is InChI=1S/C24H20N2O4S2/c1-15(12-16-6-4-3-5-7-16)13-20-23(29)26(24(31)32-20)19-14-21(27)25(22(19)28)17-8-10-18(30-2)11-9-17/h3-13,19H,14H2,1-2H3/b15-12+,20-13-. The van der Waals surface area contributed by atoms with Crippen LogP contribution >= 0.6 is 24.0 Å². The summed E-state index contributed by atoms with van der Waals surface area (Å²) in [7, 11) is 1.54. The molecule has 1 unspecified atom stereocenters. The molecule has 2 aromatic rings. The number of ether oxygens (including phenoxy) is 1. The number of hydrogen-bond acceptors (Lipinski definition) is 6. The summed E-state index contributed by atoms with van der Waals surface area (Å²) in [5.74, 6) is -0.577. The van der Waals surface area contributed by atoms with E-state index in [1.807, 2.05) is 43.3 Å². The van der Waals surface area contributed by atoms with Crippen LogP contribution in [0, 0.1) is 0 Å².